The average Bonchev–Trinajstić information content (AvgIpc) is 2.93. The van der Waals surface area contributed by atoms with Crippen LogP contribution in [0, 0.1) is 6.92 Å². The quantitative estimate of drug-likeness (QED) is 0.665. The van der Waals surface area contributed by atoms with E-state index in [2.05, 4.69) is 28.9 Å². The molecule has 6 nitrogen and oxygen atoms in total. The van der Waals surface area contributed by atoms with Crippen LogP contribution in [0.5, 0.6) is 5.75 Å². The Bertz CT molecular complexity index is 1040. The van der Waals surface area contributed by atoms with E-state index < -0.39 is 0 Å². The lowest BCUT2D eigenvalue weighted by molar-refractivity contribution is 0.0940. The molecule has 0 spiro atoms. The SMILES string of the molecule is COc1ccc(CCC(C)NC(=O)c2cc(C)nc3c2nc2n3CCCCC2)cc1. The van der Waals surface area contributed by atoms with E-state index in [1.165, 1.54) is 12.0 Å². The van der Waals surface area contributed by atoms with Crippen LogP contribution in [0.15, 0.2) is 30.3 Å². The largest absolute Gasteiger partial charge is 0.497 e. The Morgan fingerprint density at radius 3 is 2.77 bits per heavy atom. The lowest BCUT2D eigenvalue weighted by atomic mass is 10.1. The number of benzene rings is 1. The van der Waals surface area contributed by atoms with Crippen LogP contribution in [-0.2, 0) is 19.4 Å². The number of rotatable bonds is 6. The van der Waals surface area contributed by atoms with Crippen molar-refractivity contribution < 1.29 is 9.53 Å². The van der Waals surface area contributed by atoms with Crippen LogP contribution in [-0.4, -0.2) is 33.6 Å². The number of imidazole rings is 1. The second-order valence-corrected chi connectivity index (χ2v) is 8.23. The maximum atomic E-state index is 13.1. The van der Waals surface area contributed by atoms with Crippen molar-refractivity contribution in [2.45, 2.75) is 65.0 Å². The summed E-state index contributed by atoms with van der Waals surface area (Å²) in [7, 11) is 1.67. The molecule has 0 radical (unpaired) electrons. The van der Waals surface area contributed by atoms with Gasteiger partial charge < -0.3 is 14.6 Å². The molecule has 2 aromatic heterocycles. The van der Waals surface area contributed by atoms with Crippen molar-refractivity contribution >= 4 is 17.1 Å². The van der Waals surface area contributed by atoms with Gasteiger partial charge >= 0.3 is 0 Å². The zero-order valence-corrected chi connectivity index (χ0v) is 18.1. The Morgan fingerprint density at radius 1 is 1.20 bits per heavy atom. The number of nitrogens with one attached hydrogen (secondary N) is 1. The Kier molecular flexibility index (Phi) is 6.02. The van der Waals surface area contributed by atoms with Crippen LogP contribution < -0.4 is 10.1 Å². The molecular weight excluding hydrogens is 376 g/mol. The monoisotopic (exact) mass is 406 g/mol. The second-order valence-electron chi connectivity index (χ2n) is 8.23. The first-order valence-corrected chi connectivity index (χ1v) is 10.9. The van der Waals surface area contributed by atoms with Gasteiger partial charge in [0.05, 0.1) is 12.7 Å². The number of aryl methyl sites for hydroxylation is 4. The van der Waals surface area contributed by atoms with Crippen molar-refractivity contribution in [2.75, 3.05) is 7.11 Å². The molecule has 1 aliphatic rings. The summed E-state index contributed by atoms with van der Waals surface area (Å²) in [5.74, 6) is 1.85. The van der Waals surface area contributed by atoms with Crippen molar-refractivity contribution in [3.8, 4) is 5.75 Å². The van der Waals surface area contributed by atoms with E-state index in [1.807, 2.05) is 25.1 Å². The molecule has 0 saturated heterocycles. The van der Waals surface area contributed by atoms with E-state index >= 15 is 0 Å². The summed E-state index contributed by atoms with van der Waals surface area (Å²) in [5, 5.41) is 3.16. The molecule has 3 heterocycles. The molecule has 4 rings (SSSR count). The summed E-state index contributed by atoms with van der Waals surface area (Å²) >= 11 is 0. The zero-order chi connectivity index (χ0) is 21.1. The number of nitrogens with zero attached hydrogens (tertiary/aromatic N) is 3. The van der Waals surface area contributed by atoms with Gasteiger partial charge in [-0.2, -0.15) is 0 Å². The van der Waals surface area contributed by atoms with E-state index in [1.54, 1.807) is 7.11 Å². The smallest absolute Gasteiger partial charge is 0.253 e. The molecule has 0 fully saturated rings. The summed E-state index contributed by atoms with van der Waals surface area (Å²) in [5.41, 5.74) is 4.30. The van der Waals surface area contributed by atoms with Gasteiger partial charge in [-0.15, -0.1) is 0 Å². The number of fused-ring (bicyclic) bond motifs is 3. The number of amides is 1. The molecule has 0 saturated carbocycles. The predicted octanol–water partition coefficient (Wildman–Crippen LogP) is 4.23. The minimum atomic E-state index is -0.0685. The van der Waals surface area contributed by atoms with Gasteiger partial charge in [0, 0.05) is 24.7 Å². The number of hydrogen-bond donors (Lipinski definition) is 1. The number of hydrogen-bond acceptors (Lipinski definition) is 4. The minimum Gasteiger partial charge on any atom is -0.497 e. The van der Waals surface area contributed by atoms with E-state index in [9.17, 15) is 4.79 Å². The standard InChI is InChI=1S/C24H30N4O2/c1-16(8-9-18-10-12-19(30-3)13-11-18)26-24(29)20-15-17(2)25-23-22(20)27-21-7-5-4-6-14-28(21)23/h10-13,15-16H,4-9,14H2,1-3H3,(H,26,29). The number of methoxy groups -OCH3 is 1. The van der Waals surface area contributed by atoms with Crippen LogP contribution >= 0.6 is 0 Å². The van der Waals surface area contributed by atoms with Gasteiger partial charge in [0.1, 0.15) is 17.1 Å². The van der Waals surface area contributed by atoms with Crippen LogP contribution in [0.4, 0.5) is 0 Å². The molecule has 1 aromatic carbocycles. The van der Waals surface area contributed by atoms with Gasteiger partial charge in [-0.05, 0) is 63.3 Å². The second kappa shape index (κ2) is 8.86. The third kappa shape index (κ3) is 4.32. The maximum absolute atomic E-state index is 13.1. The molecule has 1 N–H and O–H groups in total. The highest BCUT2D eigenvalue weighted by Gasteiger charge is 2.21. The average molecular weight is 407 g/mol. The molecule has 30 heavy (non-hydrogen) atoms. The first-order valence-electron chi connectivity index (χ1n) is 10.9. The van der Waals surface area contributed by atoms with Gasteiger partial charge in [-0.25, -0.2) is 9.97 Å². The van der Waals surface area contributed by atoms with Gasteiger partial charge in [0.25, 0.3) is 5.91 Å². The van der Waals surface area contributed by atoms with Gasteiger partial charge in [0.15, 0.2) is 5.65 Å². The fourth-order valence-corrected chi connectivity index (χ4v) is 4.14. The van der Waals surface area contributed by atoms with Crippen molar-refractivity contribution in [2.24, 2.45) is 0 Å². The maximum Gasteiger partial charge on any atom is 0.253 e. The van der Waals surface area contributed by atoms with Crippen LogP contribution in [0.3, 0.4) is 0 Å². The minimum absolute atomic E-state index is 0.0589. The molecule has 1 aliphatic heterocycles. The summed E-state index contributed by atoms with van der Waals surface area (Å²) in [4.78, 5) is 22.6. The Labute approximate surface area is 177 Å². The fourth-order valence-electron chi connectivity index (χ4n) is 4.14. The zero-order valence-electron chi connectivity index (χ0n) is 18.1. The summed E-state index contributed by atoms with van der Waals surface area (Å²) in [6.45, 7) is 4.93. The topological polar surface area (TPSA) is 69.0 Å². The Hall–Kier alpha value is -2.89. The lowest BCUT2D eigenvalue weighted by Crippen LogP contribution is -2.33. The van der Waals surface area contributed by atoms with E-state index in [0.29, 0.717) is 5.56 Å². The Balaban J connectivity index is 1.48. The normalized spacial score (nSPS) is 14.8. The molecule has 0 aliphatic carbocycles. The van der Waals surface area contributed by atoms with E-state index in [4.69, 9.17) is 14.7 Å². The highest BCUT2D eigenvalue weighted by Crippen LogP contribution is 2.24. The van der Waals surface area contributed by atoms with Crippen molar-refractivity contribution in [3.05, 3.63) is 53.0 Å². The van der Waals surface area contributed by atoms with Crippen LogP contribution in [0.2, 0.25) is 0 Å². The number of carbonyl (C=O) groups is 1. The first-order chi connectivity index (χ1) is 14.5. The molecular formula is C24H30N4O2. The molecule has 158 valence electrons. The molecule has 1 unspecified atom stereocenters. The molecule has 1 amide bonds. The molecule has 3 aromatic rings. The van der Waals surface area contributed by atoms with E-state index in [-0.39, 0.29) is 11.9 Å². The first kappa shape index (κ1) is 20.4. The molecule has 6 heteroatoms. The Morgan fingerprint density at radius 2 is 2.00 bits per heavy atom. The van der Waals surface area contributed by atoms with Gasteiger partial charge in [-0.3, -0.25) is 4.79 Å². The predicted molar refractivity (Wildman–Crippen MR) is 118 cm³/mol. The fraction of sp³-hybridized carbons (Fsp3) is 0.458. The number of carbonyl (C=O) groups excluding carboxylic acids is 1. The molecule has 0 bridgehead atoms. The van der Waals surface area contributed by atoms with Crippen LogP contribution in [0.25, 0.3) is 11.2 Å². The third-order valence-electron chi connectivity index (χ3n) is 5.84. The lowest BCUT2D eigenvalue weighted by Gasteiger charge is -2.15. The number of pyridine rings is 1. The summed E-state index contributed by atoms with van der Waals surface area (Å²) in [6, 6.07) is 10.0. The van der Waals surface area contributed by atoms with E-state index in [0.717, 1.165) is 67.1 Å². The van der Waals surface area contributed by atoms with Crippen molar-refractivity contribution in [3.63, 3.8) is 0 Å². The highest BCUT2D eigenvalue weighted by molar-refractivity contribution is 6.04. The molecule has 1 atom stereocenters. The summed E-state index contributed by atoms with van der Waals surface area (Å²) in [6.07, 6.45) is 6.22. The number of aromatic nitrogens is 3. The van der Waals surface area contributed by atoms with Crippen LogP contribution in [0.1, 0.15) is 60.0 Å². The van der Waals surface area contributed by atoms with Crippen molar-refractivity contribution in [1.29, 1.82) is 0 Å². The summed E-state index contributed by atoms with van der Waals surface area (Å²) < 4.78 is 7.42. The highest BCUT2D eigenvalue weighted by atomic mass is 16.5. The number of ether oxygens (including phenoxy) is 1. The third-order valence-corrected chi connectivity index (χ3v) is 5.84. The van der Waals surface area contributed by atoms with Gasteiger partial charge in [0.2, 0.25) is 0 Å². The van der Waals surface area contributed by atoms with Gasteiger partial charge in [-0.1, -0.05) is 18.6 Å². The van der Waals surface area contributed by atoms with Crippen molar-refractivity contribution in [1.82, 2.24) is 19.9 Å².